The molecule has 0 amide bonds. The highest BCUT2D eigenvalue weighted by Gasteiger charge is 2.17. The summed E-state index contributed by atoms with van der Waals surface area (Å²) in [6.45, 7) is 4.22. The van der Waals surface area contributed by atoms with Crippen LogP contribution in [0.25, 0.3) is 22.2 Å². The number of hydrogen-bond donors (Lipinski definition) is 0. The summed E-state index contributed by atoms with van der Waals surface area (Å²) in [7, 11) is 2.15. The van der Waals surface area contributed by atoms with Crippen LogP contribution in [0.2, 0.25) is 0 Å². The van der Waals surface area contributed by atoms with Crippen LogP contribution in [0.4, 0.5) is 10.1 Å². The van der Waals surface area contributed by atoms with E-state index in [1.165, 1.54) is 17.1 Å². The van der Waals surface area contributed by atoms with Gasteiger partial charge in [-0.3, -0.25) is 0 Å². The molecule has 0 bridgehead atoms. The number of nitrogens with zero attached hydrogens (tertiary/aromatic N) is 4. The van der Waals surface area contributed by atoms with E-state index in [0.717, 1.165) is 37.3 Å². The van der Waals surface area contributed by atoms with Crippen molar-refractivity contribution in [1.82, 2.24) is 15.0 Å². The number of anilines is 1. The molecule has 1 saturated heterocycles. The second-order valence-corrected chi connectivity index (χ2v) is 7.73. The minimum absolute atomic E-state index is 0. The van der Waals surface area contributed by atoms with Gasteiger partial charge in [0.1, 0.15) is 11.6 Å². The van der Waals surface area contributed by atoms with Gasteiger partial charge in [-0.1, -0.05) is 35.5 Å². The third-order valence-corrected chi connectivity index (χ3v) is 5.62. The number of ether oxygens (including phenoxy) is 1. The highest BCUT2D eigenvalue weighted by atomic mass is 35.5. The minimum atomic E-state index is -0.387. The zero-order chi connectivity index (χ0) is 21.2. The molecule has 0 unspecified atom stereocenters. The fraction of sp³-hybridized carbons (Fsp3) is 0.250. The predicted molar refractivity (Wildman–Crippen MR) is 132 cm³/mol. The molecule has 5 rings (SSSR count). The zero-order valence-electron chi connectivity index (χ0n) is 18.1. The average Bonchev–Trinajstić information content (AvgIpc) is 3.27. The smallest absolute Gasteiger partial charge is 0.264 e. The molecule has 0 aliphatic carbocycles. The van der Waals surface area contributed by atoms with Crippen molar-refractivity contribution in [2.45, 2.75) is 6.61 Å². The molecule has 1 fully saturated rings. The van der Waals surface area contributed by atoms with Crippen molar-refractivity contribution in [3.63, 3.8) is 0 Å². The SMILES string of the molecule is CN1CCN(c2cccc3ccc(OCc4nc(-c5ccccc5F)no4)cc23)CC1.Cl.Cl. The van der Waals surface area contributed by atoms with Crippen LogP contribution in [0.3, 0.4) is 0 Å². The average molecular weight is 491 g/mol. The number of halogens is 3. The summed E-state index contributed by atoms with van der Waals surface area (Å²) >= 11 is 0. The maximum absolute atomic E-state index is 13.9. The Labute approximate surface area is 204 Å². The Bertz CT molecular complexity index is 1210. The van der Waals surface area contributed by atoms with Crippen LogP contribution in [0, 0.1) is 5.82 Å². The van der Waals surface area contributed by atoms with E-state index in [0.29, 0.717) is 11.5 Å². The Morgan fingerprint density at radius 3 is 2.55 bits per heavy atom. The van der Waals surface area contributed by atoms with Crippen LogP contribution in [0.5, 0.6) is 5.75 Å². The molecule has 2 heterocycles. The van der Waals surface area contributed by atoms with E-state index in [-0.39, 0.29) is 43.1 Å². The highest BCUT2D eigenvalue weighted by Crippen LogP contribution is 2.31. The fourth-order valence-electron chi connectivity index (χ4n) is 3.86. The van der Waals surface area contributed by atoms with E-state index < -0.39 is 0 Å². The predicted octanol–water partition coefficient (Wildman–Crippen LogP) is 5.20. The molecule has 9 heteroatoms. The van der Waals surface area contributed by atoms with Crippen LogP contribution in [0.15, 0.2) is 65.2 Å². The van der Waals surface area contributed by atoms with Gasteiger partial charge in [0.05, 0.1) is 5.56 Å². The quantitative estimate of drug-likeness (QED) is 0.383. The fourth-order valence-corrected chi connectivity index (χ4v) is 3.86. The van der Waals surface area contributed by atoms with E-state index in [1.54, 1.807) is 18.2 Å². The maximum atomic E-state index is 13.9. The Kier molecular flexibility index (Phi) is 8.13. The van der Waals surface area contributed by atoms with Gasteiger partial charge >= 0.3 is 0 Å². The van der Waals surface area contributed by atoms with Crippen molar-refractivity contribution in [3.8, 4) is 17.1 Å². The Morgan fingerprint density at radius 2 is 1.76 bits per heavy atom. The summed E-state index contributed by atoms with van der Waals surface area (Å²) in [5.41, 5.74) is 1.52. The molecule has 33 heavy (non-hydrogen) atoms. The van der Waals surface area contributed by atoms with Crippen LogP contribution in [-0.2, 0) is 6.61 Å². The molecule has 1 aromatic heterocycles. The van der Waals surface area contributed by atoms with Crippen molar-refractivity contribution >= 4 is 41.3 Å². The van der Waals surface area contributed by atoms with Gasteiger partial charge < -0.3 is 19.1 Å². The summed E-state index contributed by atoms with van der Waals surface area (Å²) < 4.78 is 25.1. The molecule has 1 aliphatic rings. The van der Waals surface area contributed by atoms with Gasteiger partial charge in [-0.15, -0.1) is 24.8 Å². The van der Waals surface area contributed by atoms with Crippen LogP contribution in [0.1, 0.15) is 5.89 Å². The number of benzene rings is 3. The molecule has 0 atom stereocenters. The van der Waals surface area contributed by atoms with Gasteiger partial charge in [0.25, 0.3) is 5.89 Å². The van der Waals surface area contributed by atoms with E-state index in [9.17, 15) is 4.39 Å². The molecule has 4 aromatic rings. The van der Waals surface area contributed by atoms with Crippen LogP contribution < -0.4 is 9.64 Å². The first-order valence-corrected chi connectivity index (χ1v) is 10.3. The number of piperazine rings is 1. The molecule has 0 N–H and O–H groups in total. The Hall–Kier alpha value is -2.87. The number of hydrogen-bond acceptors (Lipinski definition) is 6. The zero-order valence-corrected chi connectivity index (χ0v) is 19.7. The maximum Gasteiger partial charge on any atom is 0.264 e. The van der Waals surface area contributed by atoms with E-state index in [1.807, 2.05) is 6.07 Å². The van der Waals surface area contributed by atoms with Crippen molar-refractivity contribution in [3.05, 3.63) is 72.4 Å². The van der Waals surface area contributed by atoms with Gasteiger partial charge in [-0.2, -0.15) is 4.98 Å². The summed E-state index contributed by atoms with van der Waals surface area (Å²) in [6, 6.07) is 18.8. The molecule has 1 aliphatic heterocycles. The lowest BCUT2D eigenvalue weighted by atomic mass is 10.1. The molecule has 0 radical (unpaired) electrons. The highest BCUT2D eigenvalue weighted by molar-refractivity contribution is 5.95. The third kappa shape index (κ3) is 5.38. The number of rotatable bonds is 5. The molecule has 3 aromatic carbocycles. The summed E-state index contributed by atoms with van der Waals surface area (Å²) in [6.07, 6.45) is 0. The van der Waals surface area contributed by atoms with Gasteiger partial charge in [-0.05, 0) is 42.8 Å². The second-order valence-electron chi connectivity index (χ2n) is 7.73. The lowest BCUT2D eigenvalue weighted by Gasteiger charge is -2.34. The van der Waals surface area contributed by atoms with E-state index >= 15 is 0 Å². The molecular weight excluding hydrogens is 466 g/mol. The van der Waals surface area contributed by atoms with E-state index in [4.69, 9.17) is 9.26 Å². The van der Waals surface area contributed by atoms with E-state index in [2.05, 4.69) is 57.3 Å². The molecule has 174 valence electrons. The first-order valence-electron chi connectivity index (χ1n) is 10.3. The third-order valence-electron chi connectivity index (χ3n) is 5.62. The second kappa shape index (κ2) is 10.8. The topological polar surface area (TPSA) is 54.6 Å². The van der Waals surface area contributed by atoms with Crippen LogP contribution in [-0.4, -0.2) is 48.3 Å². The normalized spacial score (nSPS) is 13.9. The van der Waals surface area contributed by atoms with Crippen molar-refractivity contribution in [2.75, 3.05) is 38.1 Å². The Morgan fingerprint density at radius 1 is 0.970 bits per heavy atom. The monoisotopic (exact) mass is 490 g/mol. The van der Waals surface area contributed by atoms with Crippen LogP contribution >= 0.6 is 24.8 Å². The van der Waals surface area contributed by atoms with Gasteiger partial charge in [0, 0.05) is 37.3 Å². The van der Waals surface area contributed by atoms with Gasteiger partial charge in [-0.25, -0.2) is 4.39 Å². The van der Waals surface area contributed by atoms with Crippen molar-refractivity contribution in [1.29, 1.82) is 0 Å². The first-order chi connectivity index (χ1) is 15.2. The first kappa shape index (κ1) is 24.8. The summed E-state index contributed by atoms with van der Waals surface area (Å²) in [5.74, 6) is 0.847. The molecular formula is C24H25Cl2FN4O2. The molecule has 0 saturated carbocycles. The molecule has 0 spiro atoms. The largest absolute Gasteiger partial charge is 0.484 e. The lowest BCUT2D eigenvalue weighted by Crippen LogP contribution is -2.44. The van der Waals surface area contributed by atoms with Crippen molar-refractivity contribution < 1.29 is 13.7 Å². The number of fused-ring (bicyclic) bond motifs is 1. The number of likely N-dealkylation sites (N-methyl/N-ethyl adjacent to an activating group) is 1. The van der Waals surface area contributed by atoms with Gasteiger partial charge in [0.2, 0.25) is 5.82 Å². The van der Waals surface area contributed by atoms with Crippen molar-refractivity contribution in [2.24, 2.45) is 0 Å². The summed E-state index contributed by atoms with van der Waals surface area (Å²) in [5, 5.41) is 6.20. The summed E-state index contributed by atoms with van der Waals surface area (Å²) in [4.78, 5) is 9.03. The van der Waals surface area contributed by atoms with Gasteiger partial charge in [0.15, 0.2) is 6.61 Å². The Balaban J connectivity index is 0.00000153. The number of aromatic nitrogens is 2. The lowest BCUT2D eigenvalue weighted by molar-refractivity contribution is 0.243. The molecule has 6 nitrogen and oxygen atoms in total. The minimum Gasteiger partial charge on any atom is -0.484 e. The standard InChI is InChI=1S/C24H23FN4O2.2ClH/c1-28-11-13-29(14-12-28)22-8-4-5-17-9-10-18(15-20(17)22)30-16-23-26-24(27-31-23)19-6-2-3-7-21(19)25;;/h2-10,15H,11-14,16H2,1H3;2*1H.